The summed E-state index contributed by atoms with van der Waals surface area (Å²) < 4.78 is 27.6. The van der Waals surface area contributed by atoms with Gasteiger partial charge in [0, 0.05) is 27.6 Å². The van der Waals surface area contributed by atoms with Gasteiger partial charge in [0.2, 0.25) is 15.9 Å². The molecule has 5 rings (SSSR count). The number of nitrogens with zero attached hydrogens (tertiary/aromatic N) is 1. The lowest BCUT2D eigenvalue weighted by atomic mass is 9.68. The molecule has 2 aliphatic rings. The number of nitrogens with one attached hydrogen (secondary N) is 1. The lowest BCUT2D eigenvalue weighted by Crippen LogP contribution is -2.42. The van der Waals surface area contributed by atoms with E-state index in [1.165, 1.54) is 4.31 Å². The number of sulfonamides is 1. The van der Waals surface area contributed by atoms with Gasteiger partial charge in [-0.2, -0.15) is 4.31 Å². The second-order valence-corrected chi connectivity index (χ2v) is 12.6. The number of carbonyl (C=O) groups excluding carboxylic acids is 1. The highest BCUT2D eigenvalue weighted by Gasteiger charge is 2.41. The minimum absolute atomic E-state index is 0. The van der Waals surface area contributed by atoms with Crippen molar-refractivity contribution in [2.75, 3.05) is 18.5 Å². The normalized spacial score (nSPS) is 19.8. The van der Waals surface area contributed by atoms with E-state index in [0.29, 0.717) is 23.7 Å². The molecule has 3 aromatic rings. The van der Waals surface area contributed by atoms with Gasteiger partial charge in [0.15, 0.2) is 0 Å². The van der Waals surface area contributed by atoms with Crippen molar-refractivity contribution in [2.24, 2.45) is 0 Å². The first-order chi connectivity index (χ1) is 18.3. The van der Waals surface area contributed by atoms with Crippen LogP contribution >= 0.6 is 11.6 Å². The van der Waals surface area contributed by atoms with Gasteiger partial charge in [-0.3, -0.25) is 4.79 Å². The molecular weight excluding hydrogens is 520 g/mol. The maximum absolute atomic E-state index is 13.7. The summed E-state index contributed by atoms with van der Waals surface area (Å²) in [4.78, 5) is 13.9. The van der Waals surface area contributed by atoms with Crippen molar-refractivity contribution in [2.45, 2.75) is 61.3 Å². The fraction of sp³-hybridized carbons (Fsp3) is 0.367. The first-order valence-electron chi connectivity index (χ1n) is 13.2. The van der Waals surface area contributed by atoms with Gasteiger partial charge in [0.25, 0.3) is 0 Å². The van der Waals surface area contributed by atoms with Crippen molar-refractivity contribution in [3.05, 3.63) is 83.4 Å². The lowest BCUT2D eigenvalue weighted by Gasteiger charge is -2.36. The Balaban J connectivity index is 0.00000196. The Bertz CT molecular complexity index is 1400. The third kappa shape index (κ3) is 5.25. The molecule has 0 radical (unpaired) electrons. The topological polar surface area (TPSA) is 86.7 Å². The van der Waals surface area contributed by atoms with Crippen molar-refractivity contribution < 1.29 is 22.6 Å². The minimum atomic E-state index is -3.66. The number of anilines is 1. The smallest absolute Gasteiger partial charge is 0.243 e. The molecular formula is C30H39ClN2O4S. The molecule has 0 bridgehead atoms. The highest BCUT2D eigenvalue weighted by molar-refractivity contribution is 7.89. The Labute approximate surface area is 234 Å². The van der Waals surface area contributed by atoms with E-state index in [4.69, 9.17) is 11.6 Å². The number of rotatable bonds is 7. The summed E-state index contributed by atoms with van der Waals surface area (Å²) in [6.07, 6.45) is 6.15. The van der Waals surface area contributed by atoms with E-state index in [0.717, 1.165) is 55.2 Å². The lowest BCUT2D eigenvalue weighted by molar-refractivity contribution is -0.122. The molecule has 8 heteroatoms. The molecule has 2 fully saturated rings. The average molecular weight is 559 g/mol. The van der Waals surface area contributed by atoms with Crippen molar-refractivity contribution in [3.8, 4) is 11.1 Å². The van der Waals surface area contributed by atoms with E-state index in [9.17, 15) is 18.3 Å². The zero-order chi connectivity index (χ0) is 26.8. The van der Waals surface area contributed by atoms with E-state index in [1.54, 1.807) is 24.3 Å². The Morgan fingerprint density at radius 3 is 2.37 bits per heavy atom. The van der Waals surface area contributed by atoms with Crippen LogP contribution in [0, 0.1) is 0 Å². The van der Waals surface area contributed by atoms with Crippen LogP contribution in [0.4, 0.5) is 5.69 Å². The third-order valence-corrected chi connectivity index (χ3v) is 10.2. The standard InChI is InChI=1S/C30H33ClN2O4S.3H2/c31-25-13-11-24(12-14-25)30(17-2-1-3-18-30)29(35)32-26-7-4-6-23(20-26)22-9-15-28(16-10-22)38(36,37)33-19-5-8-27(33)21-34;;;/h4,6-7,9-16,20,27,34H,1-3,5,8,17-19,21H2,(H,32,35);3*1H/t27-;;;/m1.../s1. The second kappa shape index (κ2) is 11.2. The van der Waals surface area contributed by atoms with Crippen molar-refractivity contribution in [3.63, 3.8) is 0 Å². The van der Waals surface area contributed by atoms with Crippen LogP contribution in [0.5, 0.6) is 0 Å². The molecule has 38 heavy (non-hydrogen) atoms. The number of amides is 1. The summed E-state index contributed by atoms with van der Waals surface area (Å²) in [6, 6.07) is 21.7. The molecule has 2 N–H and O–H groups in total. The Morgan fingerprint density at radius 1 is 0.974 bits per heavy atom. The van der Waals surface area contributed by atoms with Gasteiger partial charge in [-0.05, 0) is 78.8 Å². The molecule has 0 aromatic heterocycles. The van der Waals surface area contributed by atoms with Crippen LogP contribution in [-0.2, 0) is 20.2 Å². The Kier molecular flexibility index (Phi) is 7.91. The highest BCUT2D eigenvalue weighted by atomic mass is 35.5. The van der Waals surface area contributed by atoms with Crippen LogP contribution < -0.4 is 5.32 Å². The van der Waals surface area contributed by atoms with Gasteiger partial charge in [-0.1, -0.05) is 67.3 Å². The molecule has 1 aliphatic carbocycles. The van der Waals surface area contributed by atoms with Crippen LogP contribution in [0.25, 0.3) is 11.1 Å². The average Bonchev–Trinajstić information content (AvgIpc) is 3.44. The number of hydrogen-bond acceptors (Lipinski definition) is 4. The number of aliphatic hydroxyl groups excluding tert-OH is 1. The van der Waals surface area contributed by atoms with E-state index in [1.807, 2.05) is 48.5 Å². The van der Waals surface area contributed by atoms with Crippen LogP contribution in [0.15, 0.2) is 77.7 Å². The number of benzene rings is 3. The van der Waals surface area contributed by atoms with Crippen molar-refractivity contribution >= 4 is 33.2 Å². The summed E-state index contributed by atoms with van der Waals surface area (Å²) >= 11 is 6.12. The van der Waals surface area contributed by atoms with Gasteiger partial charge in [0.1, 0.15) is 0 Å². The maximum Gasteiger partial charge on any atom is 0.243 e. The summed E-state index contributed by atoms with van der Waals surface area (Å²) in [5.74, 6) is -0.0119. The zero-order valence-corrected chi connectivity index (χ0v) is 22.8. The third-order valence-electron chi connectivity index (χ3n) is 7.99. The largest absolute Gasteiger partial charge is 0.395 e. The molecule has 3 aromatic carbocycles. The summed E-state index contributed by atoms with van der Waals surface area (Å²) in [5.41, 5.74) is 2.84. The summed E-state index contributed by atoms with van der Waals surface area (Å²) in [6.45, 7) is 0.254. The predicted octanol–water partition coefficient (Wildman–Crippen LogP) is 6.73. The Hall–Kier alpha value is -2.71. The molecule has 1 saturated carbocycles. The fourth-order valence-corrected chi connectivity index (χ4v) is 7.67. The van der Waals surface area contributed by atoms with E-state index < -0.39 is 15.4 Å². The number of aliphatic hydroxyl groups is 1. The molecule has 6 nitrogen and oxygen atoms in total. The first kappa shape index (κ1) is 26.9. The SMILES string of the molecule is O=C(Nc1cccc(-c2ccc(S(=O)(=O)N3CCC[C@@H]3CO)cc2)c1)C1(c2ccc(Cl)cc2)CCCCC1.[HH].[HH].[HH]. The summed E-state index contributed by atoms with van der Waals surface area (Å²) in [5, 5.41) is 13.4. The first-order valence-corrected chi connectivity index (χ1v) is 15.1. The fourth-order valence-electron chi connectivity index (χ4n) is 5.86. The summed E-state index contributed by atoms with van der Waals surface area (Å²) in [7, 11) is -3.66. The van der Waals surface area contributed by atoms with E-state index >= 15 is 0 Å². The van der Waals surface area contributed by atoms with Crippen molar-refractivity contribution in [1.29, 1.82) is 0 Å². The van der Waals surface area contributed by atoms with Crippen LogP contribution in [-0.4, -0.2) is 42.9 Å². The van der Waals surface area contributed by atoms with Crippen LogP contribution in [0.1, 0.15) is 54.8 Å². The van der Waals surface area contributed by atoms with Crippen LogP contribution in [0.2, 0.25) is 5.02 Å². The molecule has 206 valence electrons. The predicted molar refractivity (Wildman–Crippen MR) is 157 cm³/mol. The molecule has 0 spiro atoms. The maximum atomic E-state index is 13.7. The van der Waals surface area contributed by atoms with Crippen molar-refractivity contribution in [1.82, 2.24) is 4.31 Å². The Morgan fingerprint density at radius 2 is 1.68 bits per heavy atom. The van der Waals surface area contributed by atoms with Gasteiger partial charge in [-0.15, -0.1) is 0 Å². The van der Waals surface area contributed by atoms with E-state index in [2.05, 4.69) is 5.32 Å². The molecule has 1 saturated heterocycles. The number of carbonyl (C=O) groups is 1. The highest BCUT2D eigenvalue weighted by Crippen LogP contribution is 2.41. The number of halogens is 1. The van der Waals surface area contributed by atoms with Gasteiger partial charge in [0.05, 0.1) is 16.9 Å². The van der Waals surface area contributed by atoms with Gasteiger partial charge < -0.3 is 10.4 Å². The minimum Gasteiger partial charge on any atom is -0.395 e. The second-order valence-electron chi connectivity index (χ2n) is 10.3. The van der Waals surface area contributed by atoms with Crippen LogP contribution in [0.3, 0.4) is 0 Å². The number of hydrogen-bond donors (Lipinski definition) is 2. The molecule has 1 atom stereocenters. The zero-order valence-electron chi connectivity index (χ0n) is 21.3. The molecule has 1 amide bonds. The quantitative estimate of drug-likeness (QED) is 0.336. The molecule has 0 unspecified atom stereocenters. The van der Waals surface area contributed by atoms with E-state index in [-0.39, 0.29) is 27.7 Å². The molecule has 1 heterocycles. The monoisotopic (exact) mass is 558 g/mol. The van der Waals surface area contributed by atoms with Gasteiger partial charge >= 0.3 is 0 Å². The van der Waals surface area contributed by atoms with Gasteiger partial charge in [-0.25, -0.2) is 8.42 Å². The molecule has 1 aliphatic heterocycles.